The minimum Gasteiger partial charge on any atom is -0.491 e. The highest BCUT2D eigenvalue weighted by Crippen LogP contribution is 2.50. The summed E-state index contributed by atoms with van der Waals surface area (Å²) in [6, 6.07) is 10.9. The second-order valence-electron chi connectivity index (χ2n) is 7.17. The van der Waals surface area contributed by atoms with Crippen LogP contribution in [0, 0.1) is 0 Å². The number of allylic oxidation sites excluding steroid dienone is 2. The van der Waals surface area contributed by atoms with Crippen molar-refractivity contribution in [1.29, 1.82) is 0 Å². The molecule has 0 unspecified atom stereocenters. The van der Waals surface area contributed by atoms with Gasteiger partial charge >= 0.3 is 0 Å². The molecule has 2 aromatic rings. The molecular weight excluding hydrogens is 392 g/mol. The Labute approximate surface area is 172 Å². The molecule has 0 saturated carbocycles. The third-order valence-corrected chi connectivity index (χ3v) is 6.61. The smallest absolute Gasteiger partial charge is 0.202 e. The van der Waals surface area contributed by atoms with Gasteiger partial charge in [0, 0.05) is 20.9 Å². The summed E-state index contributed by atoms with van der Waals surface area (Å²) < 4.78 is 11.5. The van der Waals surface area contributed by atoms with Gasteiger partial charge in [-0.3, -0.25) is 9.59 Å². The fourth-order valence-electron chi connectivity index (χ4n) is 3.10. The van der Waals surface area contributed by atoms with Crippen LogP contribution in [0.5, 0.6) is 11.5 Å². The average molecular weight is 413 g/mol. The number of benzene rings is 2. The van der Waals surface area contributed by atoms with E-state index in [0.717, 1.165) is 21.3 Å². The molecule has 4 nitrogen and oxygen atoms in total. The van der Waals surface area contributed by atoms with E-state index in [9.17, 15) is 9.59 Å². The lowest BCUT2D eigenvalue weighted by atomic mass is 10.1. The highest BCUT2D eigenvalue weighted by Gasteiger charge is 2.36. The molecule has 0 fully saturated rings. The van der Waals surface area contributed by atoms with E-state index in [1.165, 1.54) is 23.5 Å². The van der Waals surface area contributed by atoms with Crippen molar-refractivity contribution in [2.45, 2.75) is 49.7 Å². The Morgan fingerprint density at radius 1 is 0.679 bits per heavy atom. The van der Waals surface area contributed by atoms with Crippen LogP contribution >= 0.6 is 23.5 Å². The number of carbonyl (C=O) groups excluding carboxylic acids is 2. The van der Waals surface area contributed by atoms with Crippen molar-refractivity contribution in [1.82, 2.24) is 0 Å². The lowest BCUT2D eigenvalue weighted by molar-refractivity contribution is 0.101. The summed E-state index contributed by atoms with van der Waals surface area (Å²) in [6.45, 7) is 7.84. The van der Waals surface area contributed by atoms with Gasteiger partial charge in [-0.15, -0.1) is 0 Å². The SMILES string of the molecule is CC(C)Oc1ccc2c(c1)S/C(=C1/Sc3cc(OC(C)C)ccc3C1=O)C2=O. The maximum atomic E-state index is 12.9. The zero-order valence-electron chi connectivity index (χ0n) is 16.1. The molecule has 2 aliphatic heterocycles. The van der Waals surface area contributed by atoms with Gasteiger partial charge in [0.2, 0.25) is 11.6 Å². The van der Waals surface area contributed by atoms with E-state index in [1.54, 1.807) is 24.3 Å². The molecule has 0 atom stereocenters. The first-order chi connectivity index (χ1) is 13.3. The Morgan fingerprint density at radius 2 is 1.07 bits per heavy atom. The van der Waals surface area contributed by atoms with Crippen LogP contribution in [0.2, 0.25) is 0 Å². The lowest BCUT2D eigenvalue weighted by Crippen LogP contribution is -2.06. The number of carbonyl (C=O) groups is 2. The second-order valence-corrected chi connectivity index (χ2v) is 9.27. The highest BCUT2D eigenvalue weighted by atomic mass is 32.2. The van der Waals surface area contributed by atoms with Crippen molar-refractivity contribution in [2.24, 2.45) is 0 Å². The number of thioether (sulfide) groups is 2. The van der Waals surface area contributed by atoms with Gasteiger partial charge in [-0.1, -0.05) is 23.5 Å². The van der Waals surface area contributed by atoms with Gasteiger partial charge < -0.3 is 9.47 Å². The number of rotatable bonds is 4. The summed E-state index contributed by atoms with van der Waals surface area (Å²) in [6.07, 6.45) is 0.114. The fourth-order valence-corrected chi connectivity index (χ4v) is 5.45. The lowest BCUT2D eigenvalue weighted by Gasteiger charge is -2.10. The van der Waals surface area contributed by atoms with Crippen LogP contribution < -0.4 is 9.47 Å². The molecule has 144 valence electrons. The first-order valence-electron chi connectivity index (χ1n) is 9.14. The molecule has 0 radical (unpaired) electrons. The summed E-state index contributed by atoms with van der Waals surface area (Å²) in [5.74, 6) is 1.26. The van der Waals surface area contributed by atoms with E-state index in [4.69, 9.17) is 9.47 Å². The van der Waals surface area contributed by atoms with E-state index in [1.807, 2.05) is 39.8 Å². The number of ketones is 2. The van der Waals surface area contributed by atoms with Crippen LogP contribution in [0.1, 0.15) is 48.4 Å². The molecule has 2 aromatic carbocycles. The van der Waals surface area contributed by atoms with Crippen LogP contribution in [-0.2, 0) is 0 Å². The Balaban J connectivity index is 1.66. The van der Waals surface area contributed by atoms with E-state index in [2.05, 4.69) is 0 Å². The molecule has 2 aliphatic rings. The van der Waals surface area contributed by atoms with Crippen LogP contribution in [0.15, 0.2) is 56.0 Å². The first-order valence-corrected chi connectivity index (χ1v) is 10.8. The molecule has 0 amide bonds. The van der Waals surface area contributed by atoms with Crippen molar-refractivity contribution >= 4 is 35.1 Å². The minimum atomic E-state index is -0.0987. The summed E-state index contributed by atoms with van der Waals surface area (Å²) in [5, 5.41) is 0. The average Bonchev–Trinajstić information content (AvgIpc) is 3.11. The Kier molecular flexibility index (Phi) is 5.02. The van der Waals surface area contributed by atoms with E-state index < -0.39 is 0 Å². The summed E-state index contributed by atoms with van der Waals surface area (Å²) >= 11 is 2.70. The molecule has 0 N–H and O–H groups in total. The first kappa shape index (κ1) is 19.2. The molecule has 2 heterocycles. The number of Topliss-reactive ketones (excluding diaryl/α,β-unsaturated/α-hetero) is 2. The summed E-state index contributed by atoms with van der Waals surface area (Å²) in [4.78, 5) is 28.5. The largest absolute Gasteiger partial charge is 0.491 e. The molecule has 0 bridgehead atoms. The molecule has 6 heteroatoms. The third-order valence-electron chi connectivity index (χ3n) is 4.18. The van der Waals surface area contributed by atoms with Crippen molar-refractivity contribution in [2.75, 3.05) is 0 Å². The Hall–Kier alpha value is -2.18. The number of hydrogen-bond acceptors (Lipinski definition) is 6. The van der Waals surface area contributed by atoms with Crippen molar-refractivity contribution in [3.8, 4) is 11.5 Å². The maximum absolute atomic E-state index is 12.9. The number of fused-ring (bicyclic) bond motifs is 2. The maximum Gasteiger partial charge on any atom is 0.202 e. The van der Waals surface area contributed by atoms with Gasteiger partial charge in [-0.25, -0.2) is 0 Å². The van der Waals surface area contributed by atoms with Gasteiger partial charge in [-0.2, -0.15) is 0 Å². The van der Waals surface area contributed by atoms with E-state index in [-0.39, 0.29) is 23.8 Å². The van der Waals surface area contributed by atoms with Gasteiger partial charge in [0.15, 0.2) is 0 Å². The molecule has 0 saturated heterocycles. The molecule has 0 aliphatic carbocycles. The van der Waals surface area contributed by atoms with Gasteiger partial charge in [0.05, 0.1) is 22.0 Å². The predicted octanol–water partition coefficient (Wildman–Crippen LogP) is 5.75. The van der Waals surface area contributed by atoms with Crippen molar-refractivity contribution in [3.05, 3.63) is 57.3 Å². The molecule has 0 spiro atoms. The fraction of sp³-hybridized carbons (Fsp3) is 0.273. The summed E-state index contributed by atoms with van der Waals surface area (Å²) in [7, 11) is 0. The Bertz CT molecular complexity index is 940. The van der Waals surface area contributed by atoms with Gasteiger partial charge in [0.25, 0.3) is 0 Å². The topological polar surface area (TPSA) is 52.6 Å². The van der Waals surface area contributed by atoms with Gasteiger partial charge in [0.1, 0.15) is 11.5 Å². The van der Waals surface area contributed by atoms with Gasteiger partial charge in [-0.05, 0) is 64.1 Å². The number of ether oxygens (including phenoxy) is 2. The highest BCUT2D eigenvalue weighted by molar-refractivity contribution is 8.08. The molecular formula is C22H20O4S2. The van der Waals surface area contributed by atoms with Crippen molar-refractivity contribution in [3.63, 3.8) is 0 Å². The quantitative estimate of drug-likeness (QED) is 0.596. The predicted molar refractivity (Wildman–Crippen MR) is 112 cm³/mol. The zero-order chi connectivity index (χ0) is 20.0. The van der Waals surface area contributed by atoms with Crippen LogP contribution in [0.3, 0.4) is 0 Å². The Morgan fingerprint density at radius 3 is 1.43 bits per heavy atom. The van der Waals surface area contributed by atoms with Crippen LogP contribution in [0.25, 0.3) is 0 Å². The molecule has 28 heavy (non-hydrogen) atoms. The minimum absolute atomic E-state index is 0.0571. The molecule has 0 aromatic heterocycles. The monoisotopic (exact) mass is 412 g/mol. The molecule has 4 rings (SSSR count). The van der Waals surface area contributed by atoms with Crippen molar-refractivity contribution < 1.29 is 19.1 Å². The normalized spacial score (nSPS) is 18.1. The number of hydrogen-bond donors (Lipinski definition) is 0. The van der Waals surface area contributed by atoms with Crippen LogP contribution in [0.4, 0.5) is 0 Å². The third kappa shape index (κ3) is 3.47. The summed E-state index contributed by atoms with van der Waals surface area (Å²) in [5.41, 5.74) is 1.24. The second kappa shape index (κ2) is 7.33. The van der Waals surface area contributed by atoms with E-state index in [0.29, 0.717) is 20.9 Å². The van der Waals surface area contributed by atoms with Crippen LogP contribution in [-0.4, -0.2) is 23.8 Å². The zero-order valence-corrected chi connectivity index (χ0v) is 17.7. The standard InChI is InChI=1S/C22H20O4S2/c1-11(2)25-13-5-7-15-17(9-13)27-21(19(15)23)22-20(24)16-8-6-14(26-12(3)4)10-18(16)28-22/h5-12H,1-4H3/b22-21+. The van der Waals surface area contributed by atoms with E-state index >= 15 is 0 Å².